The number of benzene rings is 1. The number of anilines is 1. The number of amides is 2. The highest BCUT2D eigenvalue weighted by Gasteiger charge is 2.21. The summed E-state index contributed by atoms with van der Waals surface area (Å²) in [4.78, 5) is 37.2. The van der Waals surface area contributed by atoms with E-state index in [9.17, 15) is 24.8 Å². The van der Waals surface area contributed by atoms with E-state index in [0.717, 1.165) is 11.3 Å². The molecule has 0 fully saturated rings. The molecular formula is C17H24N4O7S. The van der Waals surface area contributed by atoms with Gasteiger partial charge in [0.2, 0.25) is 11.8 Å². The van der Waals surface area contributed by atoms with Crippen LogP contribution in [0.4, 0.5) is 5.69 Å². The van der Waals surface area contributed by atoms with E-state index in [0.29, 0.717) is 24.6 Å². The number of nitrogens with zero attached hydrogens (tertiary/aromatic N) is 1. The molecule has 1 aromatic rings. The molecule has 1 heterocycles. The molecule has 1 aliphatic heterocycles. The smallest absolute Gasteiger partial charge is 0.294 e. The Morgan fingerprint density at radius 1 is 1.41 bits per heavy atom. The lowest BCUT2D eigenvalue weighted by Crippen LogP contribution is -2.37. The van der Waals surface area contributed by atoms with E-state index < -0.39 is 11.2 Å². The average molecular weight is 428 g/mol. The van der Waals surface area contributed by atoms with Crippen LogP contribution < -0.4 is 20.7 Å². The number of ether oxygens (including phenoxy) is 1. The number of aliphatic hydroxyl groups is 1. The molecule has 29 heavy (non-hydrogen) atoms. The van der Waals surface area contributed by atoms with E-state index in [1.54, 1.807) is 18.2 Å². The summed E-state index contributed by atoms with van der Waals surface area (Å²) >= 11 is 1.24. The summed E-state index contributed by atoms with van der Waals surface area (Å²) in [5.41, 5.74) is 1.53. The maximum Gasteiger partial charge on any atom is 0.294 e. The monoisotopic (exact) mass is 428 g/mol. The van der Waals surface area contributed by atoms with Gasteiger partial charge in [0.15, 0.2) is 0 Å². The lowest BCUT2D eigenvalue weighted by molar-refractivity contribution is -0.756. The lowest BCUT2D eigenvalue weighted by Gasteiger charge is -2.15. The van der Waals surface area contributed by atoms with Gasteiger partial charge in [-0.15, -0.1) is 10.1 Å². The molecule has 4 N–H and O–H groups in total. The zero-order valence-corrected chi connectivity index (χ0v) is 16.5. The van der Waals surface area contributed by atoms with Gasteiger partial charge >= 0.3 is 0 Å². The van der Waals surface area contributed by atoms with Crippen LogP contribution >= 0.6 is 11.8 Å². The summed E-state index contributed by atoms with van der Waals surface area (Å²) in [5, 5.41) is 27.6. The van der Waals surface area contributed by atoms with Crippen LogP contribution in [0.15, 0.2) is 18.2 Å². The fourth-order valence-electron chi connectivity index (χ4n) is 2.55. The molecule has 0 saturated heterocycles. The van der Waals surface area contributed by atoms with Crippen molar-refractivity contribution in [1.82, 2.24) is 10.6 Å². The van der Waals surface area contributed by atoms with Crippen molar-refractivity contribution in [1.29, 1.82) is 0 Å². The van der Waals surface area contributed by atoms with Crippen molar-refractivity contribution in [3.05, 3.63) is 33.9 Å². The molecule has 11 nitrogen and oxygen atoms in total. The summed E-state index contributed by atoms with van der Waals surface area (Å²) < 4.78 is 5.63. The summed E-state index contributed by atoms with van der Waals surface area (Å²) in [7, 11) is 0. The van der Waals surface area contributed by atoms with Crippen LogP contribution in [0.3, 0.4) is 0 Å². The van der Waals surface area contributed by atoms with Gasteiger partial charge in [-0.1, -0.05) is 6.07 Å². The molecule has 160 valence electrons. The molecule has 12 heteroatoms. The number of fused-ring (bicyclic) bond motifs is 1. The normalized spacial score (nSPS) is 13.3. The van der Waals surface area contributed by atoms with Crippen molar-refractivity contribution < 1.29 is 29.4 Å². The number of hydrogen-bond acceptors (Lipinski definition) is 9. The van der Waals surface area contributed by atoms with Gasteiger partial charge < -0.3 is 30.6 Å². The molecule has 1 unspecified atom stereocenters. The van der Waals surface area contributed by atoms with E-state index in [1.807, 2.05) is 0 Å². The van der Waals surface area contributed by atoms with Crippen LogP contribution in [0, 0.1) is 10.1 Å². The van der Waals surface area contributed by atoms with E-state index in [2.05, 4.69) is 20.8 Å². The van der Waals surface area contributed by atoms with Gasteiger partial charge in [-0.05, 0) is 12.1 Å². The second-order valence-corrected chi connectivity index (χ2v) is 7.24. The molecule has 1 aromatic carbocycles. The Morgan fingerprint density at radius 3 is 3.03 bits per heavy atom. The molecule has 0 aliphatic carbocycles. The van der Waals surface area contributed by atoms with Crippen LogP contribution in [-0.2, 0) is 20.8 Å². The molecule has 0 saturated carbocycles. The third-order valence-electron chi connectivity index (χ3n) is 3.84. The predicted octanol–water partition coefficient (Wildman–Crippen LogP) is -0.432. The van der Waals surface area contributed by atoms with Gasteiger partial charge in [-0.3, -0.25) is 9.59 Å². The van der Waals surface area contributed by atoms with Gasteiger partial charge in [0, 0.05) is 36.6 Å². The average Bonchev–Trinajstić information content (AvgIpc) is 3.06. The molecule has 2 rings (SSSR count). The quantitative estimate of drug-likeness (QED) is 0.176. The standard InChI is InChI=1S/C17H24N4O7S/c22-12(10-27-15-3-1-2-14-13(15)8-16(23)20-14)9-18-4-5-19-17(24)11-29-7-6-28-21(25)26/h1-3,12,18,22H,4-11H2,(H,19,24)(H,20,23). The van der Waals surface area contributed by atoms with Crippen molar-refractivity contribution >= 4 is 29.3 Å². The van der Waals surface area contributed by atoms with Crippen LogP contribution in [0.5, 0.6) is 5.75 Å². The molecular weight excluding hydrogens is 404 g/mol. The van der Waals surface area contributed by atoms with Crippen molar-refractivity contribution in [2.45, 2.75) is 12.5 Å². The van der Waals surface area contributed by atoms with Crippen LogP contribution in [0.2, 0.25) is 0 Å². The minimum atomic E-state index is -0.865. The molecule has 0 bridgehead atoms. The van der Waals surface area contributed by atoms with Gasteiger partial charge in [0.1, 0.15) is 25.1 Å². The highest BCUT2D eigenvalue weighted by atomic mass is 32.2. The third-order valence-corrected chi connectivity index (χ3v) is 4.76. The number of nitrogens with one attached hydrogen (secondary N) is 3. The first-order chi connectivity index (χ1) is 14.0. The molecule has 0 spiro atoms. The number of rotatable bonds is 14. The van der Waals surface area contributed by atoms with E-state index >= 15 is 0 Å². The number of hydrogen-bond donors (Lipinski definition) is 4. The zero-order chi connectivity index (χ0) is 21.1. The molecule has 1 aliphatic rings. The largest absolute Gasteiger partial charge is 0.490 e. The van der Waals surface area contributed by atoms with E-state index in [4.69, 9.17) is 4.74 Å². The number of thioether (sulfide) groups is 1. The summed E-state index contributed by atoms with van der Waals surface area (Å²) in [6.07, 6.45) is -0.482. The van der Waals surface area contributed by atoms with Gasteiger partial charge in [-0.25, -0.2) is 0 Å². The Bertz CT molecular complexity index is 719. The van der Waals surface area contributed by atoms with Gasteiger partial charge in [0.05, 0.1) is 12.2 Å². The van der Waals surface area contributed by atoms with Crippen molar-refractivity contribution in [3.8, 4) is 5.75 Å². The predicted molar refractivity (Wildman–Crippen MR) is 106 cm³/mol. The van der Waals surface area contributed by atoms with E-state index in [-0.39, 0.29) is 43.7 Å². The fourth-order valence-corrected chi connectivity index (χ4v) is 3.17. The van der Waals surface area contributed by atoms with Crippen molar-refractivity contribution in [3.63, 3.8) is 0 Å². The SMILES string of the molecule is O=C(CSCCO[N+](=O)[O-])NCCNCC(O)COc1cccc2c1CC(=O)N2. The van der Waals surface area contributed by atoms with Crippen molar-refractivity contribution in [2.24, 2.45) is 0 Å². The third kappa shape index (κ3) is 8.54. The first-order valence-electron chi connectivity index (χ1n) is 9.00. The Hall–Kier alpha value is -2.57. The lowest BCUT2D eigenvalue weighted by atomic mass is 10.1. The molecule has 2 amide bonds. The maximum atomic E-state index is 11.6. The highest BCUT2D eigenvalue weighted by molar-refractivity contribution is 7.99. The molecule has 0 aromatic heterocycles. The Balaban J connectivity index is 1.51. The highest BCUT2D eigenvalue weighted by Crippen LogP contribution is 2.31. The van der Waals surface area contributed by atoms with Crippen molar-refractivity contribution in [2.75, 3.05) is 49.7 Å². The second kappa shape index (κ2) is 12.1. The fraction of sp³-hybridized carbons (Fsp3) is 0.529. The number of aliphatic hydroxyl groups excluding tert-OH is 1. The summed E-state index contributed by atoms with van der Waals surface area (Å²) in [6, 6.07) is 5.34. The Kier molecular flexibility index (Phi) is 9.47. The summed E-state index contributed by atoms with van der Waals surface area (Å²) in [5.74, 6) is 0.865. The van der Waals surface area contributed by atoms with Gasteiger partial charge in [0.25, 0.3) is 5.09 Å². The zero-order valence-electron chi connectivity index (χ0n) is 15.7. The number of carbonyl (C=O) groups excluding carboxylic acids is 2. The topological polar surface area (TPSA) is 152 Å². The first kappa shape index (κ1) is 22.7. The Labute approximate surface area is 171 Å². The maximum absolute atomic E-state index is 11.6. The van der Waals surface area contributed by atoms with Crippen LogP contribution in [0.25, 0.3) is 0 Å². The van der Waals surface area contributed by atoms with Gasteiger partial charge in [-0.2, -0.15) is 11.8 Å². The second-order valence-electron chi connectivity index (χ2n) is 6.14. The minimum absolute atomic E-state index is 0.0505. The molecule has 1 atom stereocenters. The Morgan fingerprint density at radius 2 is 2.24 bits per heavy atom. The summed E-state index contributed by atoms with van der Waals surface area (Å²) in [6.45, 7) is 1.17. The molecule has 0 radical (unpaired) electrons. The van der Waals surface area contributed by atoms with Crippen LogP contribution in [0.1, 0.15) is 5.56 Å². The van der Waals surface area contributed by atoms with Crippen LogP contribution in [-0.4, -0.2) is 72.5 Å². The number of carbonyl (C=O) groups is 2. The minimum Gasteiger partial charge on any atom is -0.490 e. The first-order valence-corrected chi connectivity index (χ1v) is 10.2. The van der Waals surface area contributed by atoms with E-state index in [1.165, 1.54) is 11.8 Å².